The average molecular weight is 470 g/mol. The summed E-state index contributed by atoms with van der Waals surface area (Å²) in [5.74, 6) is 0.257. The van der Waals surface area contributed by atoms with Crippen LogP contribution in [0.2, 0.25) is 0 Å². The number of Topliss-reactive ketones (excluding diaryl/α,β-unsaturated/α-hetero) is 1. The van der Waals surface area contributed by atoms with Crippen molar-refractivity contribution >= 4 is 41.2 Å². The minimum Gasteiger partial charge on any atom is -0.457 e. The lowest BCUT2D eigenvalue weighted by Crippen LogP contribution is -2.43. The first-order valence-corrected chi connectivity index (χ1v) is 10.3. The number of carbonyl (C=O) groups is 4. The summed E-state index contributed by atoms with van der Waals surface area (Å²) in [4.78, 5) is 51.2. The van der Waals surface area contributed by atoms with Crippen LogP contribution in [0.1, 0.15) is 37.0 Å². The van der Waals surface area contributed by atoms with Gasteiger partial charge in [0, 0.05) is 18.1 Å². The van der Waals surface area contributed by atoms with Gasteiger partial charge in [0.05, 0.1) is 25.6 Å². The van der Waals surface area contributed by atoms with Gasteiger partial charge in [-0.1, -0.05) is 6.92 Å². The Morgan fingerprint density at radius 3 is 2.00 bits per heavy atom. The molecule has 180 valence electrons. The van der Waals surface area contributed by atoms with Crippen molar-refractivity contribution in [3.8, 4) is 11.5 Å². The number of carbonyl (C=O) groups excluding carboxylic acids is 4. The number of amides is 3. The van der Waals surface area contributed by atoms with Gasteiger partial charge in [-0.15, -0.1) is 0 Å². The number of benzene rings is 2. The molecule has 0 aliphatic rings. The lowest BCUT2D eigenvalue weighted by atomic mass is 10.1. The van der Waals surface area contributed by atoms with Gasteiger partial charge in [0.2, 0.25) is 11.9 Å². The zero-order valence-corrected chi connectivity index (χ0v) is 19.3. The Hall–Kier alpha value is -4.41. The quantitative estimate of drug-likeness (QED) is 0.314. The monoisotopic (exact) mass is 470 g/mol. The maximum atomic E-state index is 12.3. The van der Waals surface area contributed by atoms with Crippen LogP contribution in [0.3, 0.4) is 0 Å². The highest BCUT2D eigenvalue weighted by Crippen LogP contribution is 2.32. The molecule has 3 N–H and O–H groups in total. The largest absolute Gasteiger partial charge is 0.457 e. The summed E-state index contributed by atoms with van der Waals surface area (Å²) in [6.07, 6.45) is -0.849. The van der Waals surface area contributed by atoms with Crippen LogP contribution >= 0.6 is 0 Å². The first-order chi connectivity index (χ1) is 16.2. The van der Waals surface area contributed by atoms with E-state index in [0.29, 0.717) is 23.5 Å². The number of rotatable bonds is 7. The summed E-state index contributed by atoms with van der Waals surface area (Å²) in [5, 5.41) is 7.26. The summed E-state index contributed by atoms with van der Waals surface area (Å²) in [6, 6.07) is 11.2. The van der Waals surface area contributed by atoms with E-state index in [1.54, 1.807) is 36.4 Å². The van der Waals surface area contributed by atoms with E-state index in [9.17, 15) is 19.2 Å². The highest BCUT2D eigenvalue weighted by Gasteiger charge is 2.14. The number of hydrogen-bond donors (Lipinski definition) is 3. The van der Waals surface area contributed by atoms with E-state index in [2.05, 4.69) is 30.4 Å². The molecular formula is C23H26N4O7. The molecule has 0 bridgehead atoms. The summed E-state index contributed by atoms with van der Waals surface area (Å²) >= 11 is 0. The third kappa shape index (κ3) is 7.93. The van der Waals surface area contributed by atoms with Crippen molar-refractivity contribution in [1.82, 2.24) is 10.6 Å². The topological polar surface area (TPSA) is 144 Å². The average Bonchev–Trinajstić information content (AvgIpc) is 2.80. The van der Waals surface area contributed by atoms with Gasteiger partial charge in [-0.25, -0.2) is 14.6 Å². The van der Waals surface area contributed by atoms with E-state index in [1.807, 2.05) is 6.92 Å². The normalized spacial score (nSPS) is 9.88. The van der Waals surface area contributed by atoms with Gasteiger partial charge in [0.25, 0.3) is 0 Å². The molecule has 0 heterocycles. The van der Waals surface area contributed by atoms with Crippen molar-refractivity contribution in [2.45, 2.75) is 26.7 Å². The minimum atomic E-state index is -0.874. The second kappa shape index (κ2) is 12.6. The summed E-state index contributed by atoms with van der Waals surface area (Å²) in [5.41, 5.74) is 1.03. The van der Waals surface area contributed by atoms with E-state index in [1.165, 1.54) is 13.0 Å². The molecule has 2 rings (SSSR count). The zero-order chi connectivity index (χ0) is 25.1. The van der Waals surface area contributed by atoms with Gasteiger partial charge in [-0.3, -0.25) is 20.2 Å². The number of ether oxygens (including phenoxy) is 3. The summed E-state index contributed by atoms with van der Waals surface area (Å²) in [7, 11) is 2.30. The van der Waals surface area contributed by atoms with Gasteiger partial charge in [-0.05, 0) is 49.7 Å². The van der Waals surface area contributed by atoms with Crippen LogP contribution in [0.5, 0.6) is 11.5 Å². The molecule has 0 saturated carbocycles. The Morgan fingerprint density at radius 2 is 1.47 bits per heavy atom. The van der Waals surface area contributed by atoms with Crippen LogP contribution in [0, 0.1) is 0 Å². The molecule has 2 aromatic carbocycles. The highest BCUT2D eigenvalue weighted by molar-refractivity contribution is 6.03. The molecule has 0 aliphatic carbocycles. The van der Waals surface area contributed by atoms with E-state index in [-0.39, 0.29) is 35.4 Å². The maximum Gasteiger partial charge on any atom is 0.413 e. The van der Waals surface area contributed by atoms with Crippen molar-refractivity contribution in [2.75, 3.05) is 19.5 Å². The Kier molecular flexibility index (Phi) is 9.56. The van der Waals surface area contributed by atoms with Crippen molar-refractivity contribution < 1.29 is 33.4 Å². The van der Waals surface area contributed by atoms with Crippen molar-refractivity contribution in [3.05, 3.63) is 48.0 Å². The molecule has 11 nitrogen and oxygen atoms in total. The fraction of sp³-hybridized carbons (Fsp3) is 0.261. The molecule has 11 heteroatoms. The van der Waals surface area contributed by atoms with Gasteiger partial charge in [0.1, 0.15) is 11.5 Å². The lowest BCUT2D eigenvalue weighted by molar-refractivity contribution is -0.116. The van der Waals surface area contributed by atoms with Crippen molar-refractivity contribution in [2.24, 2.45) is 4.99 Å². The van der Waals surface area contributed by atoms with E-state index in [0.717, 1.165) is 14.2 Å². The van der Waals surface area contributed by atoms with Crippen LogP contribution < -0.4 is 20.7 Å². The predicted octanol–water partition coefficient (Wildman–Crippen LogP) is 4.12. The molecule has 0 spiro atoms. The first kappa shape index (κ1) is 25.8. The van der Waals surface area contributed by atoms with Crippen LogP contribution in [-0.4, -0.2) is 44.1 Å². The highest BCUT2D eigenvalue weighted by atomic mass is 16.5. The van der Waals surface area contributed by atoms with Crippen molar-refractivity contribution in [1.29, 1.82) is 0 Å². The summed E-state index contributed by atoms with van der Waals surface area (Å²) < 4.78 is 14.9. The van der Waals surface area contributed by atoms with Crippen molar-refractivity contribution in [3.63, 3.8) is 0 Å². The molecular weight excluding hydrogens is 444 g/mol. The second-order valence-electron chi connectivity index (χ2n) is 6.85. The van der Waals surface area contributed by atoms with Crippen LogP contribution in [0.15, 0.2) is 47.5 Å². The molecule has 0 saturated heterocycles. The Morgan fingerprint density at radius 1 is 0.882 bits per heavy atom. The number of hydrogen-bond acceptors (Lipinski definition) is 8. The zero-order valence-electron chi connectivity index (χ0n) is 19.3. The summed E-state index contributed by atoms with van der Waals surface area (Å²) in [6.45, 7) is 3.33. The number of ketones is 1. The van der Waals surface area contributed by atoms with Crippen LogP contribution in [0.4, 0.5) is 21.0 Å². The molecule has 0 fully saturated rings. The molecule has 2 aromatic rings. The van der Waals surface area contributed by atoms with Gasteiger partial charge in [0.15, 0.2) is 5.78 Å². The molecule has 0 radical (unpaired) electrons. The SMILES string of the molecule is CCCC(=O)Nc1cc(Oc2ccc(C(C)=O)cc2)ccc1N=C(NC(=O)OC)NC(=O)OC. The third-order valence-corrected chi connectivity index (χ3v) is 4.26. The molecule has 0 aliphatic heterocycles. The molecule has 3 amide bonds. The molecule has 34 heavy (non-hydrogen) atoms. The third-order valence-electron chi connectivity index (χ3n) is 4.26. The molecule has 0 unspecified atom stereocenters. The lowest BCUT2D eigenvalue weighted by Gasteiger charge is -2.13. The molecule has 0 aromatic heterocycles. The first-order valence-electron chi connectivity index (χ1n) is 10.3. The van der Waals surface area contributed by atoms with E-state index >= 15 is 0 Å². The fourth-order valence-corrected chi connectivity index (χ4v) is 2.61. The van der Waals surface area contributed by atoms with Crippen LogP contribution in [-0.2, 0) is 14.3 Å². The number of anilines is 1. The standard InChI is InChI=1S/C23H26N4O7/c1-5-6-20(29)24-19-13-17(34-16-9-7-15(8-10-16)14(2)28)11-12-18(19)25-21(26-22(30)32-3)27-23(31)33-4/h7-13H,5-6H2,1-4H3,(H,24,29)(H2,25,26,27,30,31). The number of methoxy groups -OCH3 is 2. The second-order valence-corrected chi connectivity index (χ2v) is 6.85. The van der Waals surface area contributed by atoms with Crippen LogP contribution in [0.25, 0.3) is 0 Å². The number of alkyl carbamates (subject to hydrolysis) is 2. The maximum absolute atomic E-state index is 12.3. The smallest absolute Gasteiger partial charge is 0.413 e. The number of nitrogens with zero attached hydrogens (tertiary/aromatic N) is 1. The van der Waals surface area contributed by atoms with E-state index < -0.39 is 12.2 Å². The number of guanidine groups is 1. The number of nitrogens with one attached hydrogen (secondary N) is 3. The minimum absolute atomic E-state index is 0.0633. The van der Waals surface area contributed by atoms with E-state index in [4.69, 9.17) is 4.74 Å². The Balaban J connectivity index is 2.41. The fourth-order valence-electron chi connectivity index (χ4n) is 2.61. The Labute approximate surface area is 196 Å². The number of aliphatic imine (C=N–C) groups is 1. The van der Waals surface area contributed by atoms with Gasteiger partial charge < -0.3 is 19.5 Å². The Bertz CT molecular complexity index is 1060. The van der Waals surface area contributed by atoms with Gasteiger partial charge >= 0.3 is 12.2 Å². The predicted molar refractivity (Wildman–Crippen MR) is 125 cm³/mol. The van der Waals surface area contributed by atoms with Gasteiger partial charge in [-0.2, -0.15) is 0 Å². The molecule has 0 atom stereocenters.